The van der Waals surface area contributed by atoms with Gasteiger partial charge in [-0.15, -0.1) is 0 Å². The molecule has 18 heavy (non-hydrogen) atoms. The number of hydrogen-bond acceptors (Lipinski definition) is 1. The minimum atomic E-state index is -0.615. The maximum absolute atomic E-state index is 14.1. The van der Waals surface area contributed by atoms with Crippen molar-refractivity contribution in [1.82, 2.24) is 9.55 Å². The van der Waals surface area contributed by atoms with Crippen molar-refractivity contribution in [1.29, 1.82) is 0 Å². The van der Waals surface area contributed by atoms with Crippen molar-refractivity contribution in [3.8, 4) is 5.69 Å². The molecule has 1 aromatic carbocycles. The number of benzene rings is 1. The van der Waals surface area contributed by atoms with Gasteiger partial charge in [-0.1, -0.05) is 19.9 Å². The number of aromatic nitrogens is 2. The first-order valence-electron chi connectivity index (χ1n) is 5.68. The third-order valence-electron chi connectivity index (χ3n) is 2.88. The summed E-state index contributed by atoms with van der Waals surface area (Å²) in [6.45, 7) is 5.49. The van der Waals surface area contributed by atoms with E-state index < -0.39 is 11.6 Å². The number of aryl methyl sites for hydroxylation is 1. The molecule has 1 N–H and O–H groups in total. The Balaban J connectivity index is 2.81. The van der Waals surface area contributed by atoms with Gasteiger partial charge in [-0.05, 0) is 36.7 Å². The van der Waals surface area contributed by atoms with Crippen LogP contribution in [-0.2, 0) is 0 Å². The number of imidazole rings is 1. The van der Waals surface area contributed by atoms with Crippen molar-refractivity contribution in [3.63, 3.8) is 0 Å². The van der Waals surface area contributed by atoms with Gasteiger partial charge in [0.05, 0.1) is 0 Å². The Hall–Kier alpha value is -1.49. The van der Waals surface area contributed by atoms with Crippen LogP contribution < -0.4 is 0 Å². The molecule has 96 valence electrons. The summed E-state index contributed by atoms with van der Waals surface area (Å²) in [7, 11) is 0. The molecule has 0 spiro atoms. The smallest absolute Gasteiger partial charge is 0.182 e. The Bertz CT molecular complexity index is 641. The molecule has 5 heteroatoms. The fourth-order valence-corrected chi connectivity index (χ4v) is 2.14. The zero-order valence-corrected chi connectivity index (χ0v) is 11.2. The number of hydrogen-bond donors (Lipinski definition) is 1. The molecule has 1 aromatic heterocycles. The van der Waals surface area contributed by atoms with Gasteiger partial charge in [0.1, 0.15) is 11.5 Å². The van der Waals surface area contributed by atoms with Crippen LogP contribution in [0.25, 0.3) is 5.69 Å². The molecule has 0 saturated carbocycles. The van der Waals surface area contributed by atoms with Crippen molar-refractivity contribution < 1.29 is 8.78 Å². The van der Waals surface area contributed by atoms with Crippen molar-refractivity contribution in [2.45, 2.75) is 26.7 Å². The summed E-state index contributed by atoms with van der Waals surface area (Å²) >= 11 is 5.11. The molecule has 0 unspecified atom stereocenters. The van der Waals surface area contributed by atoms with Crippen LogP contribution in [0.5, 0.6) is 0 Å². The number of rotatable bonds is 2. The van der Waals surface area contributed by atoms with Crippen LogP contribution in [0.4, 0.5) is 8.78 Å². The number of halogens is 2. The molecule has 0 radical (unpaired) electrons. The maximum Gasteiger partial charge on any atom is 0.182 e. The predicted octanol–water partition coefficient (Wildman–Crippen LogP) is 4.24. The highest BCUT2D eigenvalue weighted by molar-refractivity contribution is 7.71. The standard InChI is InChI=1S/C13H14F2N2S/c1-7(2)10-6-16-13(18)17(10)12-9(14)5-4-8(3)11(12)15/h4-7H,1-3H3,(H,16,18). The van der Waals surface area contributed by atoms with E-state index in [0.29, 0.717) is 10.3 Å². The van der Waals surface area contributed by atoms with E-state index in [1.807, 2.05) is 13.8 Å². The van der Waals surface area contributed by atoms with Gasteiger partial charge in [0.15, 0.2) is 10.6 Å². The first kappa shape index (κ1) is 13.0. The molecule has 2 aromatic rings. The summed E-state index contributed by atoms with van der Waals surface area (Å²) in [6.07, 6.45) is 1.69. The molecule has 0 aliphatic heterocycles. The maximum atomic E-state index is 14.1. The van der Waals surface area contributed by atoms with Gasteiger partial charge in [0, 0.05) is 11.9 Å². The van der Waals surface area contributed by atoms with Crippen LogP contribution >= 0.6 is 12.2 Å². The van der Waals surface area contributed by atoms with Gasteiger partial charge in [-0.3, -0.25) is 4.57 Å². The number of nitrogens with one attached hydrogen (secondary N) is 1. The summed E-state index contributed by atoms with van der Waals surface area (Å²) in [5.74, 6) is -1.08. The molecule has 0 bridgehead atoms. The lowest BCUT2D eigenvalue weighted by atomic mass is 10.1. The third kappa shape index (κ3) is 1.99. The first-order chi connectivity index (χ1) is 8.43. The minimum absolute atomic E-state index is 0.107. The molecular weight excluding hydrogens is 254 g/mol. The Labute approximate surface area is 109 Å². The fourth-order valence-electron chi connectivity index (χ4n) is 1.88. The lowest BCUT2D eigenvalue weighted by molar-refractivity contribution is 0.557. The van der Waals surface area contributed by atoms with Gasteiger partial charge >= 0.3 is 0 Å². The fraction of sp³-hybridized carbons (Fsp3) is 0.308. The number of nitrogens with zero attached hydrogens (tertiary/aromatic N) is 1. The Morgan fingerprint density at radius 2 is 1.94 bits per heavy atom. The normalized spacial score (nSPS) is 11.2. The first-order valence-corrected chi connectivity index (χ1v) is 6.09. The average molecular weight is 268 g/mol. The van der Waals surface area contributed by atoms with E-state index in [1.54, 1.807) is 13.1 Å². The van der Waals surface area contributed by atoms with E-state index in [-0.39, 0.29) is 11.6 Å². The number of aromatic amines is 1. The summed E-state index contributed by atoms with van der Waals surface area (Å²) in [6, 6.07) is 2.67. The van der Waals surface area contributed by atoms with Crippen LogP contribution in [0.2, 0.25) is 0 Å². The summed E-state index contributed by atoms with van der Waals surface area (Å²) in [5.41, 5.74) is 1.04. The van der Waals surface area contributed by atoms with Crippen LogP contribution in [-0.4, -0.2) is 9.55 Å². The Morgan fingerprint density at radius 1 is 1.28 bits per heavy atom. The third-order valence-corrected chi connectivity index (χ3v) is 3.18. The molecule has 2 rings (SSSR count). The summed E-state index contributed by atoms with van der Waals surface area (Å²) in [4.78, 5) is 2.84. The predicted molar refractivity (Wildman–Crippen MR) is 69.7 cm³/mol. The van der Waals surface area contributed by atoms with Gasteiger partial charge in [0.25, 0.3) is 0 Å². The van der Waals surface area contributed by atoms with Crippen LogP contribution in [0, 0.1) is 23.3 Å². The zero-order chi connectivity index (χ0) is 13.4. The monoisotopic (exact) mass is 268 g/mol. The summed E-state index contributed by atoms with van der Waals surface area (Å²) < 4.78 is 29.7. The average Bonchev–Trinajstić information content (AvgIpc) is 2.67. The second kappa shape index (κ2) is 4.65. The molecule has 2 nitrogen and oxygen atoms in total. The molecular formula is C13H14F2N2S. The molecule has 0 aliphatic carbocycles. The van der Waals surface area contributed by atoms with Gasteiger partial charge in [0.2, 0.25) is 0 Å². The highest BCUT2D eigenvalue weighted by Gasteiger charge is 2.18. The minimum Gasteiger partial charge on any atom is -0.337 e. The van der Waals surface area contributed by atoms with Crippen LogP contribution in [0.15, 0.2) is 18.3 Å². The van der Waals surface area contributed by atoms with Crippen molar-refractivity contribution in [2.24, 2.45) is 0 Å². The second-order valence-electron chi connectivity index (χ2n) is 4.54. The second-order valence-corrected chi connectivity index (χ2v) is 4.92. The molecule has 0 saturated heterocycles. The summed E-state index contributed by atoms with van der Waals surface area (Å²) in [5, 5.41) is 0. The van der Waals surface area contributed by atoms with E-state index in [0.717, 1.165) is 5.69 Å². The van der Waals surface area contributed by atoms with Crippen molar-refractivity contribution in [3.05, 3.63) is 46.0 Å². The van der Waals surface area contributed by atoms with E-state index in [4.69, 9.17) is 12.2 Å². The topological polar surface area (TPSA) is 20.7 Å². The van der Waals surface area contributed by atoms with Gasteiger partial charge < -0.3 is 4.98 Å². The SMILES string of the molecule is Cc1ccc(F)c(-n2c(C(C)C)c[nH]c2=S)c1F. The van der Waals surface area contributed by atoms with Gasteiger partial charge in [-0.25, -0.2) is 8.78 Å². The van der Waals surface area contributed by atoms with Crippen molar-refractivity contribution >= 4 is 12.2 Å². The lowest BCUT2D eigenvalue weighted by Gasteiger charge is -2.13. The van der Waals surface area contributed by atoms with E-state index >= 15 is 0 Å². The lowest BCUT2D eigenvalue weighted by Crippen LogP contribution is -2.08. The quantitative estimate of drug-likeness (QED) is 0.808. The van der Waals surface area contributed by atoms with Gasteiger partial charge in [-0.2, -0.15) is 0 Å². The largest absolute Gasteiger partial charge is 0.337 e. The molecule has 0 aliphatic rings. The van der Waals surface area contributed by atoms with Crippen LogP contribution in [0.1, 0.15) is 31.0 Å². The number of H-pyrrole nitrogens is 1. The molecule has 0 atom stereocenters. The van der Waals surface area contributed by atoms with Crippen molar-refractivity contribution in [2.75, 3.05) is 0 Å². The highest BCUT2D eigenvalue weighted by Crippen LogP contribution is 2.25. The zero-order valence-electron chi connectivity index (χ0n) is 10.4. The molecule has 0 fully saturated rings. The van der Waals surface area contributed by atoms with E-state index in [2.05, 4.69) is 4.98 Å². The highest BCUT2D eigenvalue weighted by atomic mass is 32.1. The Kier molecular flexibility index (Phi) is 3.34. The van der Waals surface area contributed by atoms with E-state index in [1.165, 1.54) is 16.7 Å². The Morgan fingerprint density at radius 3 is 2.56 bits per heavy atom. The molecule has 0 amide bonds. The van der Waals surface area contributed by atoms with Crippen LogP contribution in [0.3, 0.4) is 0 Å². The van der Waals surface area contributed by atoms with E-state index in [9.17, 15) is 8.78 Å². The molecule has 1 heterocycles.